The van der Waals surface area contributed by atoms with E-state index in [2.05, 4.69) is 13.0 Å². The first-order chi connectivity index (χ1) is 6.20. The summed E-state index contributed by atoms with van der Waals surface area (Å²) in [7, 11) is 0. The quantitative estimate of drug-likeness (QED) is 0.530. The summed E-state index contributed by atoms with van der Waals surface area (Å²) in [5, 5.41) is 0. The Morgan fingerprint density at radius 2 is 1.92 bits per heavy atom. The second-order valence-corrected chi connectivity index (χ2v) is 3.90. The maximum absolute atomic E-state index is 11.4. The van der Waals surface area contributed by atoms with Crippen LogP contribution in [-0.2, 0) is 9.53 Å². The van der Waals surface area contributed by atoms with Crippen LogP contribution in [0.15, 0.2) is 24.3 Å². The van der Waals surface area contributed by atoms with Crippen LogP contribution in [0.4, 0.5) is 0 Å². The zero-order valence-corrected chi connectivity index (χ0v) is 7.94. The molecular weight excluding hydrogens is 164 g/mol. The first-order valence-electron chi connectivity index (χ1n) is 4.75. The van der Waals surface area contributed by atoms with Crippen LogP contribution in [0.25, 0.3) is 0 Å². The molecule has 2 rings (SSSR count). The molecule has 70 valence electrons. The molecule has 0 aromatic rings. The van der Waals surface area contributed by atoms with Crippen LogP contribution in [-0.4, -0.2) is 12.1 Å². The minimum absolute atomic E-state index is 0.0244. The lowest BCUT2D eigenvalue weighted by Crippen LogP contribution is -2.42. The minimum Gasteiger partial charge on any atom is -0.457 e. The van der Waals surface area contributed by atoms with E-state index >= 15 is 0 Å². The number of hydrogen-bond donors (Lipinski definition) is 0. The average molecular weight is 178 g/mol. The Hall–Kier alpha value is -1.05. The van der Waals surface area contributed by atoms with Crippen molar-refractivity contribution in [2.24, 2.45) is 17.8 Å². The van der Waals surface area contributed by atoms with Crippen molar-refractivity contribution in [1.29, 1.82) is 0 Å². The number of fused-ring (bicyclic) bond motifs is 1. The third kappa shape index (κ3) is 1.30. The highest BCUT2D eigenvalue weighted by molar-refractivity contribution is 5.74. The third-order valence-corrected chi connectivity index (χ3v) is 3.14. The van der Waals surface area contributed by atoms with Crippen LogP contribution < -0.4 is 0 Å². The lowest BCUT2D eigenvalue weighted by Gasteiger charge is -2.37. The van der Waals surface area contributed by atoms with E-state index < -0.39 is 0 Å². The molecule has 0 aromatic heterocycles. The van der Waals surface area contributed by atoms with E-state index in [1.807, 2.05) is 25.2 Å². The predicted molar refractivity (Wildman–Crippen MR) is 50.0 cm³/mol. The molecule has 1 heterocycles. The highest BCUT2D eigenvalue weighted by Gasteiger charge is 2.39. The Bertz CT molecular complexity index is 278. The fourth-order valence-electron chi connectivity index (χ4n) is 1.99. The molecule has 13 heavy (non-hydrogen) atoms. The molecule has 2 heteroatoms. The molecule has 0 radical (unpaired) electrons. The van der Waals surface area contributed by atoms with Crippen molar-refractivity contribution >= 4 is 5.97 Å². The average Bonchev–Trinajstić information content (AvgIpc) is 2.15. The van der Waals surface area contributed by atoms with Gasteiger partial charge in [-0.05, 0) is 12.0 Å². The summed E-state index contributed by atoms with van der Waals surface area (Å²) >= 11 is 0. The second-order valence-electron chi connectivity index (χ2n) is 3.90. The number of hydrogen-bond acceptors (Lipinski definition) is 2. The van der Waals surface area contributed by atoms with Crippen molar-refractivity contribution in [3.05, 3.63) is 24.3 Å². The second kappa shape index (κ2) is 3.02. The van der Waals surface area contributed by atoms with Gasteiger partial charge in [0.05, 0.1) is 5.92 Å². The molecule has 4 unspecified atom stereocenters. The standard InChI is InChI=1S/C11H14O2/c1-7-8(2)11(12)13-10-6-4-3-5-9(7)10/h3-10H,1-2H3. The fraction of sp³-hybridized carbons (Fsp3) is 0.545. The largest absolute Gasteiger partial charge is 0.457 e. The Labute approximate surface area is 78.3 Å². The number of ether oxygens (including phenoxy) is 1. The minimum atomic E-state index is -0.0614. The summed E-state index contributed by atoms with van der Waals surface area (Å²) < 4.78 is 5.30. The number of carbonyl (C=O) groups excluding carboxylic acids is 1. The molecule has 1 fully saturated rings. The van der Waals surface area contributed by atoms with Gasteiger partial charge < -0.3 is 4.74 Å². The van der Waals surface area contributed by atoms with Crippen LogP contribution in [0.1, 0.15) is 13.8 Å². The number of carbonyl (C=O) groups is 1. The van der Waals surface area contributed by atoms with Gasteiger partial charge in [0.2, 0.25) is 0 Å². The summed E-state index contributed by atoms with van der Waals surface area (Å²) in [5.74, 6) is 0.719. The van der Waals surface area contributed by atoms with E-state index in [1.54, 1.807) is 0 Å². The van der Waals surface area contributed by atoms with Gasteiger partial charge in [0.25, 0.3) is 0 Å². The van der Waals surface area contributed by atoms with Gasteiger partial charge in [0, 0.05) is 5.92 Å². The van der Waals surface area contributed by atoms with E-state index in [9.17, 15) is 4.79 Å². The summed E-state index contributed by atoms with van der Waals surface area (Å²) in [4.78, 5) is 11.4. The third-order valence-electron chi connectivity index (χ3n) is 3.14. The molecule has 4 atom stereocenters. The molecule has 1 saturated heterocycles. The lowest BCUT2D eigenvalue weighted by molar-refractivity contribution is -0.163. The van der Waals surface area contributed by atoms with Gasteiger partial charge in [-0.25, -0.2) is 0 Å². The molecule has 0 amide bonds. The Morgan fingerprint density at radius 1 is 1.23 bits per heavy atom. The molecule has 2 nitrogen and oxygen atoms in total. The molecule has 0 N–H and O–H groups in total. The zero-order chi connectivity index (χ0) is 9.42. The molecule has 2 aliphatic rings. The Morgan fingerprint density at radius 3 is 2.69 bits per heavy atom. The van der Waals surface area contributed by atoms with Crippen molar-refractivity contribution in [2.75, 3.05) is 0 Å². The van der Waals surface area contributed by atoms with Crippen LogP contribution >= 0.6 is 0 Å². The van der Waals surface area contributed by atoms with Crippen molar-refractivity contribution < 1.29 is 9.53 Å². The van der Waals surface area contributed by atoms with Gasteiger partial charge >= 0.3 is 5.97 Å². The van der Waals surface area contributed by atoms with Crippen molar-refractivity contribution in [3.63, 3.8) is 0 Å². The highest BCUT2D eigenvalue weighted by atomic mass is 16.5. The summed E-state index contributed by atoms with van der Waals surface area (Å²) in [6.07, 6.45) is 8.05. The van der Waals surface area contributed by atoms with Crippen molar-refractivity contribution in [2.45, 2.75) is 20.0 Å². The molecule has 0 bridgehead atoms. The van der Waals surface area contributed by atoms with Gasteiger partial charge in [-0.1, -0.05) is 32.1 Å². The van der Waals surface area contributed by atoms with Crippen molar-refractivity contribution in [1.82, 2.24) is 0 Å². The SMILES string of the molecule is CC1C(=O)OC2C=CC=CC2C1C. The fourth-order valence-corrected chi connectivity index (χ4v) is 1.99. The molecule has 1 aliphatic carbocycles. The summed E-state index contributed by atoms with van der Waals surface area (Å²) in [5.41, 5.74) is 0. The maximum atomic E-state index is 11.4. The maximum Gasteiger partial charge on any atom is 0.309 e. The van der Waals surface area contributed by atoms with E-state index in [1.165, 1.54) is 0 Å². The van der Waals surface area contributed by atoms with Crippen LogP contribution in [0.5, 0.6) is 0 Å². The van der Waals surface area contributed by atoms with E-state index in [4.69, 9.17) is 4.74 Å². The predicted octanol–water partition coefficient (Wildman–Crippen LogP) is 1.93. The monoisotopic (exact) mass is 178 g/mol. The molecule has 1 aliphatic heterocycles. The van der Waals surface area contributed by atoms with Crippen LogP contribution in [0.3, 0.4) is 0 Å². The van der Waals surface area contributed by atoms with Gasteiger partial charge in [-0.15, -0.1) is 0 Å². The molecule has 0 spiro atoms. The summed E-state index contributed by atoms with van der Waals surface area (Å²) in [6.45, 7) is 4.06. The normalized spacial score (nSPS) is 42.8. The number of esters is 1. The van der Waals surface area contributed by atoms with Gasteiger partial charge in [-0.2, -0.15) is 0 Å². The van der Waals surface area contributed by atoms with Gasteiger partial charge in [-0.3, -0.25) is 4.79 Å². The molecular formula is C11H14O2. The van der Waals surface area contributed by atoms with E-state index in [0.717, 1.165) is 0 Å². The smallest absolute Gasteiger partial charge is 0.309 e. The Kier molecular flexibility index (Phi) is 1.98. The zero-order valence-electron chi connectivity index (χ0n) is 7.94. The van der Waals surface area contributed by atoms with E-state index in [-0.39, 0.29) is 18.0 Å². The highest BCUT2D eigenvalue weighted by Crippen LogP contribution is 2.34. The number of allylic oxidation sites excluding steroid dienone is 2. The first kappa shape index (κ1) is 8.54. The van der Waals surface area contributed by atoms with E-state index in [0.29, 0.717) is 11.8 Å². The van der Waals surface area contributed by atoms with Crippen LogP contribution in [0, 0.1) is 17.8 Å². The molecule has 0 saturated carbocycles. The lowest BCUT2D eigenvalue weighted by atomic mass is 9.77. The Balaban J connectivity index is 2.23. The topological polar surface area (TPSA) is 26.3 Å². The molecule has 0 aromatic carbocycles. The van der Waals surface area contributed by atoms with Crippen LogP contribution in [0.2, 0.25) is 0 Å². The number of rotatable bonds is 0. The van der Waals surface area contributed by atoms with Crippen molar-refractivity contribution in [3.8, 4) is 0 Å². The summed E-state index contributed by atoms with van der Waals surface area (Å²) in [6, 6.07) is 0. The van der Waals surface area contributed by atoms with Gasteiger partial charge in [0.1, 0.15) is 6.10 Å². The van der Waals surface area contributed by atoms with Gasteiger partial charge in [0.15, 0.2) is 0 Å². The first-order valence-corrected chi connectivity index (χ1v) is 4.75.